The third-order valence-corrected chi connectivity index (χ3v) is 3.56. The van der Waals surface area contributed by atoms with Crippen molar-refractivity contribution in [2.75, 3.05) is 0 Å². The molecule has 0 bridgehead atoms. The number of benzene rings is 1. The summed E-state index contributed by atoms with van der Waals surface area (Å²) in [6.45, 7) is 0. The van der Waals surface area contributed by atoms with Crippen molar-refractivity contribution in [1.82, 2.24) is 0 Å². The van der Waals surface area contributed by atoms with Crippen LogP contribution in [0.4, 0.5) is 8.78 Å². The van der Waals surface area contributed by atoms with Crippen LogP contribution in [0.1, 0.15) is 15.9 Å². The maximum absolute atomic E-state index is 13.4. The fraction of sp³-hybridized carbons (Fsp3) is 0. The lowest BCUT2D eigenvalue weighted by molar-refractivity contribution is 0.103. The van der Waals surface area contributed by atoms with Gasteiger partial charge in [0.2, 0.25) is 0 Å². The molecule has 1 heterocycles. The molecule has 0 saturated heterocycles. The second-order valence-corrected chi connectivity index (χ2v) is 5.48. The van der Waals surface area contributed by atoms with E-state index in [1.165, 1.54) is 6.07 Å². The van der Waals surface area contributed by atoms with Crippen LogP contribution in [0.2, 0.25) is 8.67 Å². The molecule has 2 rings (SSSR count). The normalized spacial score (nSPS) is 10.6. The first-order chi connectivity index (χ1) is 7.99. The van der Waals surface area contributed by atoms with E-state index < -0.39 is 17.4 Å². The Kier molecular flexibility index (Phi) is 3.47. The van der Waals surface area contributed by atoms with Crippen molar-refractivity contribution >= 4 is 40.3 Å². The Balaban J connectivity index is 2.50. The molecule has 0 saturated carbocycles. The minimum Gasteiger partial charge on any atom is -0.288 e. The number of thiophene rings is 1. The first-order valence-corrected chi connectivity index (χ1v) is 6.01. The van der Waals surface area contributed by atoms with Gasteiger partial charge in [-0.05, 0) is 24.3 Å². The van der Waals surface area contributed by atoms with Gasteiger partial charge in [0.05, 0.1) is 15.5 Å². The highest BCUT2D eigenvalue weighted by Gasteiger charge is 2.19. The molecule has 0 atom stereocenters. The molecule has 0 aliphatic rings. The van der Waals surface area contributed by atoms with E-state index >= 15 is 0 Å². The average molecular weight is 293 g/mol. The van der Waals surface area contributed by atoms with Gasteiger partial charge in [-0.1, -0.05) is 23.2 Å². The maximum Gasteiger partial charge on any atom is 0.198 e. The van der Waals surface area contributed by atoms with Gasteiger partial charge in [-0.2, -0.15) is 0 Å². The molecule has 88 valence electrons. The second kappa shape index (κ2) is 4.72. The number of halogens is 4. The Morgan fingerprint density at radius 2 is 1.82 bits per heavy atom. The van der Waals surface area contributed by atoms with Gasteiger partial charge in [-0.15, -0.1) is 11.3 Å². The lowest BCUT2D eigenvalue weighted by atomic mass is 10.1. The van der Waals surface area contributed by atoms with Gasteiger partial charge < -0.3 is 0 Å². The molecule has 6 heteroatoms. The van der Waals surface area contributed by atoms with Crippen molar-refractivity contribution in [2.24, 2.45) is 0 Å². The van der Waals surface area contributed by atoms with Crippen LogP contribution < -0.4 is 0 Å². The van der Waals surface area contributed by atoms with Crippen molar-refractivity contribution < 1.29 is 13.6 Å². The molecule has 0 amide bonds. The minimum absolute atomic E-state index is 0.0752. The fourth-order valence-corrected chi connectivity index (χ4v) is 2.77. The molecule has 1 aromatic carbocycles. The SMILES string of the molecule is O=C(c1cc(F)ccc1F)c1cc(Cl)sc1Cl. The van der Waals surface area contributed by atoms with E-state index in [4.69, 9.17) is 23.2 Å². The molecule has 0 N–H and O–H groups in total. The van der Waals surface area contributed by atoms with Gasteiger partial charge >= 0.3 is 0 Å². The van der Waals surface area contributed by atoms with Crippen LogP contribution in [-0.2, 0) is 0 Å². The summed E-state index contributed by atoms with van der Waals surface area (Å²) in [4.78, 5) is 11.9. The zero-order valence-electron chi connectivity index (χ0n) is 8.14. The van der Waals surface area contributed by atoms with E-state index in [-0.39, 0.29) is 15.5 Å². The van der Waals surface area contributed by atoms with E-state index in [0.717, 1.165) is 29.5 Å². The summed E-state index contributed by atoms with van der Waals surface area (Å²) in [5.41, 5.74) is -0.285. The maximum atomic E-state index is 13.4. The third kappa shape index (κ3) is 2.49. The summed E-state index contributed by atoms with van der Waals surface area (Å²) >= 11 is 12.5. The Hall–Kier alpha value is -0.970. The fourth-order valence-electron chi connectivity index (χ4n) is 1.31. The molecule has 1 aromatic heterocycles. The van der Waals surface area contributed by atoms with E-state index in [0.29, 0.717) is 4.34 Å². The smallest absolute Gasteiger partial charge is 0.198 e. The number of hydrogen-bond acceptors (Lipinski definition) is 2. The van der Waals surface area contributed by atoms with Crippen molar-refractivity contribution in [3.8, 4) is 0 Å². The minimum atomic E-state index is -0.796. The standard InChI is InChI=1S/C11H4Cl2F2OS/c12-9-4-7(11(13)17-9)10(16)6-3-5(14)1-2-8(6)15/h1-4H. The summed E-state index contributed by atoms with van der Waals surface area (Å²) < 4.78 is 26.8. The van der Waals surface area contributed by atoms with Crippen LogP contribution in [0.15, 0.2) is 24.3 Å². The topological polar surface area (TPSA) is 17.1 Å². The first kappa shape index (κ1) is 12.5. The molecular formula is C11H4Cl2F2OS. The zero-order valence-corrected chi connectivity index (χ0v) is 10.5. The van der Waals surface area contributed by atoms with E-state index in [9.17, 15) is 13.6 Å². The van der Waals surface area contributed by atoms with Crippen LogP contribution >= 0.6 is 34.5 Å². The van der Waals surface area contributed by atoms with Crippen LogP contribution in [0.5, 0.6) is 0 Å². The molecule has 0 aliphatic heterocycles. The molecular weight excluding hydrogens is 289 g/mol. The van der Waals surface area contributed by atoms with Crippen molar-refractivity contribution in [3.05, 3.63) is 55.7 Å². The summed E-state index contributed by atoms with van der Waals surface area (Å²) in [5, 5.41) is 0. The Bertz CT molecular complexity index is 595. The van der Waals surface area contributed by atoms with Gasteiger partial charge in [0.1, 0.15) is 16.0 Å². The molecule has 0 fully saturated rings. The van der Waals surface area contributed by atoms with E-state index in [1.54, 1.807) is 0 Å². The number of ketones is 1. The number of hydrogen-bond donors (Lipinski definition) is 0. The Morgan fingerprint density at radius 3 is 2.41 bits per heavy atom. The van der Waals surface area contributed by atoms with Crippen LogP contribution in [0, 0.1) is 11.6 Å². The molecule has 2 aromatic rings. The first-order valence-electron chi connectivity index (χ1n) is 4.43. The number of carbonyl (C=O) groups is 1. The van der Waals surface area contributed by atoms with Gasteiger partial charge in [-0.25, -0.2) is 8.78 Å². The van der Waals surface area contributed by atoms with Gasteiger partial charge in [0, 0.05) is 0 Å². The molecule has 1 nitrogen and oxygen atoms in total. The molecule has 0 aliphatic carbocycles. The van der Waals surface area contributed by atoms with Gasteiger partial charge in [0.25, 0.3) is 0 Å². The van der Waals surface area contributed by atoms with Crippen molar-refractivity contribution in [3.63, 3.8) is 0 Å². The van der Waals surface area contributed by atoms with Crippen molar-refractivity contribution in [1.29, 1.82) is 0 Å². The van der Waals surface area contributed by atoms with Crippen LogP contribution in [0.25, 0.3) is 0 Å². The second-order valence-electron chi connectivity index (χ2n) is 3.19. The summed E-state index contributed by atoms with van der Waals surface area (Å²) in [6.07, 6.45) is 0. The highest BCUT2D eigenvalue weighted by atomic mass is 35.5. The quantitative estimate of drug-likeness (QED) is 0.742. The largest absolute Gasteiger partial charge is 0.288 e. The Labute approximate surface area is 110 Å². The van der Waals surface area contributed by atoms with Gasteiger partial charge in [-0.3, -0.25) is 4.79 Å². The van der Waals surface area contributed by atoms with Gasteiger partial charge in [0.15, 0.2) is 5.78 Å². The molecule has 0 spiro atoms. The van der Waals surface area contributed by atoms with Crippen molar-refractivity contribution in [2.45, 2.75) is 0 Å². The highest BCUT2D eigenvalue weighted by molar-refractivity contribution is 7.20. The lowest BCUT2D eigenvalue weighted by Crippen LogP contribution is -2.04. The highest BCUT2D eigenvalue weighted by Crippen LogP contribution is 2.33. The molecule has 17 heavy (non-hydrogen) atoms. The van der Waals surface area contributed by atoms with E-state index in [2.05, 4.69) is 0 Å². The molecule has 0 unspecified atom stereocenters. The number of carbonyl (C=O) groups excluding carboxylic acids is 1. The summed E-state index contributed by atoms with van der Waals surface area (Å²) in [5.74, 6) is -2.17. The zero-order chi connectivity index (χ0) is 12.6. The predicted molar refractivity (Wildman–Crippen MR) is 64.1 cm³/mol. The summed E-state index contributed by atoms with van der Waals surface area (Å²) in [7, 11) is 0. The monoisotopic (exact) mass is 292 g/mol. The molecule has 0 radical (unpaired) electrons. The van der Waals surface area contributed by atoms with Crippen LogP contribution in [0.3, 0.4) is 0 Å². The van der Waals surface area contributed by atoms with E-state index in [1.807, 2.05) is 0 Å². The predicted octanol–water partition coefficient (Wildman–Crippen LogP) is 4.56. The lowest BCUT2D eigenvalue weighted by Gasteiger charge is -2.01. The Morgan fingerprint density at radius 1 is 1.12 bits per heavy atom. The summed E-state index contributed by atoms with van der Waals surface area (Å²) in [6, 6.07) is 4.00. The van der Waals surface area contributed by atoms with Crippen LogP contribution in [-0.4, -0.2) is 5.78 Å². The average Bonchev–Trinajstić information content (AvgIpc) is 2.60. The number of rotatable bonds is 2. The third-order valence-electron chi connectivity index (χ3n) is 2.07.